The molecule has 0 fully saturated rings. The van der Waals surface area contributed by atoms with Gasteiger partial charge in [-0.25, -0.2) is 18.4 Å². The molecule has 0 aliphatic rings. The molecule has 11 heteroatoms. The third kappa shape index (κ3) is 4.76. The van der Waals surface area contributed by atoms with E-state index in [2.05, 4.69) is 20.0 Å². The number of anilines is 3. The molecule has 1 heterocycles. The average molecular weight is 479 g/mol. The second-order valence-electron chi connectivity index (χ2n) is 6.67. The molecule has 164 valence electrons. The quantitative estimate of drug-likeness (QED) is 0.376. The van der Waals surface area contributed by atoms with Crippen LogP contribution in [0.25, 0.3) is 11.0 Å². The summed E-state index contributed by atoms with van der Waals surface area (Å²) >= 11 is 5.82. The lowest BCUT2D eigenvalue weighted by Crippen LogP contribution is -2.16. The maximum absolute atomic E-state index is 12.8. The zero-order chi connectivity index (χ0) is 22.9. The Morgan fingerprint density at radius 1 is 0.781 bits per heavy atom. The van der Waals surface area contributed by atoms with Crippen molar-refractivity contribution in [2.24, 2.45) is 0 Å². The molecule has 0 aliphatic heterocycles. The fraction of sp³-hybridized carbons (Fsp3) is 0.0476. The van der Waals surface area contributed by atoms with Crippen LogP contribution < -0.4 is 10.0 Å². The third-order valence-corrected chi connectivity index (χ3v) is 6.01. The molecule has 0 amide bonds. The van der Waals surface area contributed by atoms with Gasteiger partial charge in [-0.1, -0.05) is 23.7 Å². The second-order valence-corrected chi connectivity index (χ2v) is 8.79. The highest BCUT2D eigenvalue weighted by atomic mass is 35.5. The molecule has 0 aliphatic carbocycles. The van der Waals surface area contributed by atoms with Gasteiger partial charge in [0.05, 0.1) is 21.5 Å². The predicted molar refractivity (Wildman–Crippen MR) is 117 cm³/mol. The highest BCUT2D eigenvalue weighted by Crippen LogP contribution is 2.32. The van der Waals surface area contributed by atoms with Gasteiger partial charge in [0.15, 0.2) is 11.6 Å². The van der Waals surface area contributed by atoms with E-state index < -0.39 is 21.8 Å². The monoisotopic (exact) mass is 478 g/mol. The van der Waals surface area contributed by atoms with Gasteiger partial charge in [-0.2, -0.15) is 13.2 Å². The number of rotatable bonds is 5. The first-order chi connectivity index (χ1) is 15.1. The first-order valence-electron chi connectivity index (χ1n) is 9.11. The molecule has 4 aromatic rings. The lowest BCUT2D eigenvalue weighted by atomic mass is 10.2. The number of sulfonamides is 1. The van der Waals surface area contributed by atoms with Crippen LogP contribution in [0.1, 0.15) is 5.56 Å². The number of hydrogen-bond acceptors (Lipinski definition) is 5. The summed E-state index contributed by atoms with van der Waals surface area (Å²) in [5.41, 5.74) is 0.362. The van der Waals surface area contributed by atoms with Gasteiger partial charge in [-0.3, -0.25) is 4.72 Å². The Hall–Kier alpha value is -3.37. The van der Waals surface area contributed by atoms with Crippen molar-refractivity contribution < 1.29 is 21.6 Å². The molecule has 4 rings (SSSR count). The van der Waals surface area contributed by atoms with Crippen LogP contribution in [0.4, 0.5) is 30.5 Å². The highest BCUT2D eigenvalue weighted by molar-refractivity contribution is 7.92. The Kier molecular flexibility index (Phi) is 5.66. The first-order valence-corrected chi connectivity index (χ1v) is 11.0. The van der Waals surface area contributed by atoms with E-state index in [1.54, 1.807) is 24.3 Å². The van der Waals surface area contributed by atoms with Crippen LogP contribution in [-0.4, -0.2) is 18.4 Å². The van der Waals surface area contributed by atoms with Crippen molar-refractivity contribution in [2.75, 3.05) is 10.0 Å². The number of halogens is 4. The van der Waals surface area contributed by atoms with Gasteiger partial charge < -0.3 is 5.32 Å². The van der Waals surface area contributed by atoms with Crippen molar-refractivity contribution in [3.8, 4) is 0 Å². The van der Waals surface area contributed by atoms with Crippen LogP contribution in [0.15, 0.2) is 77.7 Å². The van der Waals surface area contributed by atoms with Crippen molar-refractivity contribution in [1.82, 2.24) is 9.97 Å². The average Bonchev–Trinajstić information content (AvgIpc) is 2.74. The van der Waals surface area contributed by atoms with Crippen LogP contribution in [0.3, 0.4) is 0 Å². The van der Waals surface area contributed by atoms with Gasteiger partial charge in [0.25, 0.3) is 10.0 Å². The summed E-state index contributed by atoms with van der Waals surface area (Å²) in [6, 6.07) is 16.6. The maximum Gasteiger partial charge on any atom is 0.416 e. The number of para-hydroxylation sites is 2. The summed E-state index contributed by atoms with van der Waals surface area (Å²) in [4.78, 5) is 8.68. The predicted octanol–water partition coefficient (Wildman–Crippen LogP) is 5.85. The van der Waals surface area contributed by atoms with Gasteiger partial charge in [0.2, 0.25) is 0 Å². The normalized spacial score (nSPS) is 12.0. The van der Waals surface area contributed by atoms with E-state index in [9.17, 15) is 21.6 Å². The number of hydrogen-bond donors (Lipinski definition) is 2. The van der Waals surface area contributed by atoms with E-state index in [0.29, 0.717) is 16.1 Å². The zero-order valence-electron chi connectivity index (χ0n) is 16.1. The number of fused-ring (bicyclic) bond motifs is 1. The number of nitrogens with zero attached hydrogens (tertiary/aromatic N) is 2. The molecule has 0 radical (unpaired) electrons. The summed E-state index contributed by atoms with van der Waals surface area (Å²) in [7, 11) is -4.04. The van der Waals surface area contributed by atoms with Gasteiger partial charge in [-0.05, 0) is 60.7 Å². The molecular weight excluding hydrogens is 465 g/mol. The van der Waals surface area contributed by atoms with Crippen molar-refractivity contribution >= 4 is 50.0 Å². The summed E-state index contributed by atoms with van der Waals surface area (Å²) in [5, 5.41) is 3.21. The van der Waals surface area contributed by atoms with E-state index in [0.717, 1.165) is 12.1 Å². The summed E-state index contributed by atoms with van der Waals surface area (Å²) in [6.07, 6.45) is -4.47. The molecule has 0 atom stereocenters. The number of benzene rings is 3. The Bertz CT molecular complexity index is 1380. The lowest BCUT2D eigenvalue weighted by Gasteiger charge is -2.14. The van der Waals surface area contributed by atoms with Gasteiger partial charge in [-0.15, -0.1) is 0 Å². The molecule has 1 aromatic heterocycles. The SMILES string of the molecule is O=S(=O)(Nc1nc2ccccc2nc1Nc1ccc(C(F)(F)F)cc1)c1ccc(Cl)cc1. The fourth-order valence-corrected chi connectivity index (χ4v) is 3.97. The van der Waals surface area contributed by atoms with Crippen LogP contribution >= 0.6 is 11.6 Å². The van der Waals surface area contributed by atoms with Gasteiger partial charge >= 0.3 is 6.18 Å². The summed E-state index contributed by atoms with van der Waals surface area (Å²) in [5.74, 6) is -0.0838. The number of aromatic nitrogens is 2. The smallest absolute Gasteiger partial charge is 0.337 e. The first kappa shape index (κ1) is 21.8. The zero-order valence-corrected chi connectivity index (χ0v) is 17.6. The van der Waals surface area contributed by atoms with E-state index in [4.69, 9.17) is 11.6 Å². The molecule has 0 saturated heterocycles. The Labute approximate surface area is 186 Å². The molecule has 0 spiro atoms. The van der Waals surface area contributed by atoms with Crippen molar-refractivity contribution in [2.45, 2.75) is 11.1 Å². The fourth-order valence-electron chi connectivity index (χ4n) is 2.84. The van der Waals surface area contributed by atoms with E-state index >= 15 is 0 Å². The minimum atomic E-state index is -4.47. The molecule has 0 unspecified atom stereocenters. The highest BCUT2D eigenvalue weighted by Gasteiger charge is 2.30. The van der Waals surface area contributed by atoms with Crippen molar-refractivity contribution in [3.05, 3.63) is 83.4 Å². The molecular formula is C21H14ClF3N4O2S. The van der Waals surface area contributed by atoms with Crippen molar-refractivity contribution in [3.63, 3.8) is 0 Å². The lowest BCUT2D eigenvalue weighted by molar-refractivity contribution is -0.137. The number of nitrogens with one attached hydrogen (secondary N) is 2. The topological polar surface area (TPSA) is 84.0 Å². The van der Waals surface area contributed by atoms with Crippen LogP contribution in [0.2, 0.25) is 5.02 Å². The Morgan fingerprint density at radius 3 is 1.91 bits per heavy atom. The molecule has 0 saturated carbocycles. The van der Waals surface area contributed by atoms with E-state index in [1.807, 2.05) is 0 Å². The minimum Gasteiger partial charge on any atom is -0.337 e. The van der Waals surface area contributed by atoms with Crippen LogP contribution in [0, 0.1) is 0 Å². The largest absolute Gasteiger partial charge is 0.416 e. The Morgan fingerprint density at radius 2 is 1.34 bits per heavy atom. The molecule has 32 heavy (non-hydrogen) atoms. The summed E-state index contributed by atoms with van der Waals surface area (Å²) in [6.45, 7) is 0. The number of alkyl halides is 3. The Balaban J connectivity index is 1.73. The molecule has 2 N–H and O–H groups in total. The minimum absolute atomic E-state index is 0.0287. The van der Waals surface area contributed by atoms with E-state index in [1.165, 1.54) is 36.4 Å². The molecule has 3 aromatic carbocycles. The van der Waals surface area contributed by atoms with E-state index in [-0.39, 0.29) is 22.2 Å². The maximum atomic E-state index is 12.8. The third-order valence-electron chi connectivity index (χ3n) is 4.40. The van der Waals surface area contributed by atoms with Gasteiger partial charge in [0.1, 0.15) is 0 Å². The second kappa shape index (κ2) is 8.29. The standard InChI is InChI=1S/C21H14ClF3N4O2S/c22-14-7-11-16(12-8-14)32(30,31)29-20-19(27-17-3-1-2-4-18(17)28-20)26-15-9-5-13(6-10-15)21(23,24)25/h1-12H,(H,26,27)(H,28,29). The van der Waals surface area contributed by atoms with Crippen LogP contribution in [-0.2, 0) is 16.2 Å². The molecule has 0 bridgehead atoms. The van der Waals surface area contributed by atoms with Crippen molar-refractivity contribution in [1.29, 1.82) is 0 Å². The molecule has 6 nitrogen and oxygen atoms in total. The van der Waals surface area contributed by atoms with Crippen LogP contribution in [0.5, 0.6) is 0 Å². The van der Waals surface area contributed by atoms with Gasteiger partial charge in [0, 0.05) is 10.7 Å². The summed E-state index contributed by atoms with van der Waals surface area (Å²) < 4.78 is 66.5.